The molecule has 0 aliphatic carbocycles. The summed E-state index contributed by atoms with van der Waals surface area (Å²) in [6, 6.07) is 10.1. The number of thiophene rings is 2. The van der Waals surface area contributed by atoms with Crippen molar-refractivity contribution in [3.63, 3.8) is 0 Å². The fourth-order valence-electron chi connectivity index (χ4n) is 3.33. The van der Waals surface area contributed by atoms with E-state index in [0.29, 0.717) is 26.1 Å². The van der Waals surface area contributed by atoms with Gasteiger partial charge in [0, 0.05) is 23.5 Å². The van der Waals surface area contributed by atoms with Gasteiger partial charge in [0.25, 0.3) is 11.8 Å². The molecular formula is C22H20ClN3O5S2. The number of amides is 2. The maximum absolute atomic E-state index is 12.5. The number of carbonyl (C=O) groups excluding carboxylic acids is 2. The molecule has 2 aromatic heterocycles. The number of hydrogen-bond acceptors (Lipinski definition) is 8. The van der Waals surface area contributed by atoms with Crippen LogP contribution in [0.5, 0.6) is 5.75 Å². The summed E-state index contributed by atoms with van der Waals surface area (Å²) in [7, 11) is 0. The Kier molecular flexibility index (Phi) is 6.82. The molecule has 11 heteroatoms. The summed E-state index contributed by atoms with van der Waals surface area (Å²) in [6.07, 6.45) is -1.94. The molecule has 0 bridgehead atoms. The first-order valence-corrected chi connectivity index (χ1v) is 12.0. The molecule has 3 heterocycles. The highest BCUT2D eigenvalue weighted by molar-refractivity contribution is 7.16. The van der Waals surface area contributed by atoms with E-state index in [1.165, 1.54) is 28.4 Å². The summed E-state index contributed by atoms with van der Waals surface area (Å²) in [5.41, 5.74) is 4.19. The second-order valence-electron chi connectivity index (χ2n) is 7.48. The molecule has 172 valence electrons. The topological polar surface area (TPSA) is 122 Å². The van der Waals surface area contributed by atoms with Crippen LogP contribution < -0.4 is 5.43 Å². The van der Waals surface area contributed by atoms with Crippen LogP contribution in [0.3, 0.4) is 0 Å². The van der Waals surface area contributed by atoms with Gasteiger partial charge >= 0.3 is 0 Å². The molecule has 2 amide bonds. The first kappa shape index (κ1) is 23.4. The Morgan fingerprint density at radius 2 is 1.73 bits per heavy atom. The lowest BCUT2D eigenvalue weighted by molar-refractivity contribution is 0.0572. The lowest BCUT2D eigenvalue weighted by atomic mass is 10.1. The van der Waals surface area contributed by atoms with Crippen molar-refractivity contribution in [1.29, 1.82) is 0 Å². The summed E-state index contributed by atoms with van der Waals surface area (Å²) < 4.78 is 0. The molecule has 0 spiro atoms. The zero-order valence-electron chi connectivity index (χ0n) is 17.4. The van der Waals surface area contributed by atoms with E-state index < -0.39 is 18.1 Å². The van der Waals surface area contributed by atoms with Gasteiger partial charge in [0.1, 0.15) is 5.75 Å². The standard InChI is InChI=1S/C22H20ClN3O5S2/c1-11(14-10-32-20(19(14)29)12-2-4-13(23)5-3-12)24-25-21(30)17-6-7-18(33-17)22(31)26-8-15(27)16(28)9-26/h2-7,10,15-16,27-29H,8-9H2,1H3,(H,25,30)/b24-11+. The van der Waals surface area contributed by atoms with Gasteiger partial charge in [0.15, 0.2) is 0 Å². The van der Waals surface area contributed by atoms with E-state index in [2.05, 4.69) is 10.5 Å². The van der Waals surface area contributed by atoms with Gasteiger partial charge < -0.3 is 20.2 Å². The van der Waals surface area contributed by atoms with E-state index >= 15 is 0 Å². The Balaban J connectivity index is 1.43. The van der Waals surface area contributed by atoms with Crippen LogP contribution in [0.2, 0.25) is 5.02 Å². The Labute approximate surface area is 202 Å². The van der Waals surface area contributed by atoms with Crippen molar-refractivity contribution in [3.05, 3.63) is 62.1 Å². The van der Waals surface area contributed by atoms with E-state index in [1.807, 2.05) is 12.1 Å². The molecule has 0 saturated carbocycles. The predicted molar refractivity (Wildman–Crippen MR) is 128 cm³/mol. The van der Waals surface area contributed by atoms with Crippen LogP contribution in [0.4, 0.5) is 0 Å². The minimum Gasteiger partial charge on any atom is -0.506 e. The largest absolute Gasteiger partial charge is 0.506 e. The summed E-state index contributed by atoms with van der Waals surface area (Å²) in [5, 5.41) is 36.3. The summed E-state index contributed by atoms with van der Waals surface area (Å²) >= 11 is 8.27. The number of aliphatic hydroxyl groups excluding tert-OH is 2. The van der Waals surface area contributed by atoms with E-state index in [1.54, 1.807) is 24.4 Å². The summed E-state index contributed by atoms with van der Waals surface area (Å²) in [6.45, 7) is 1.76. The van der Waals surface area contributed by atoms with Crippen molar-refractivity contribution in [2.45, 2.75) is 19.1 Å². The molecule has 33 heavy (non-hydrogen) atoms. The van der Waals surface area contributed by atoms with Gasteiger partial charge in [-0.3, -0.25) is 9.59 Å². The average Bonchev–Trinajstić information content (AvgIpc) is 3.51. The fraction of sp³-hybridized carbons (Fsp3) is 0.227. The highest BCUT2D eigenvalue weighted by atomic mass is 35.5. The molecule has 4 rings (SSSR count). The zero-order chi connectivity index (χ0) is 23.7. The van der Waals surface area contributed by atoms with Gasteiger partial charge in [-0.1, -0.05) is 23.7 Å². The van der Waals surface area contributed by atoms with E-state index in [-0.39, 0.29) is 29.6 Å². The van der Waals surface area contributed by atoms with E-state index in [9.17, 15) is 24.9 Å². The number of nitrogens with one attached hydrogen (secondary N) is 1. The molecule has 1 aromatic carbocycles. The normalized spacial score (nSPS) is 18.5. The molecule has 4 N–H and O–H groups in total. The van der Waals surface area contributed by atoms with Crippen molar-refractivity contribution in [2.24, 2.45) is 5.10 Å². The number of nitrogens with zero attached hydrogens (tertiary/aromatic N) is 2. The zero-order valence-corrected chi connectivity index (χ0v) is 19.7. The van der Waals surface area contributed by atoms with Crippen LogP contribution >= 0.6 is 34.3 Å². The first-order chi connectivity index (χ1) is 15.7. The molecule has 2 unspecified atom stereocenters. The quantitative estimate of drug-likeness (QED) is 0.313. The molecule has 8 nitrogen and oxygen atoms in total. The second-order valence-corrected chi connectivity index (χ2v) is 9.88. The summed E-state index contributed by atoms with van der Waals surface area (Å²) in [4.78, 5) is 27.6. The van der Waals surface area contributed by atoms with Crippen LogP contribution in [-0.4, -0.2) is 63.0 Å². The Morgan fingerprint density at radius 3 is 2.39 bits per heavy atom. The number of aliphatic hydroxyl groups is 2. The summed E-state index contributed by atoms with van der Waals surface area (Å²) in [5.74, 6) is -0.781. The van der Waals surface area contributed by atoms with E-state index in [0.717, 1.165) is 16.9 Å². The van der Waals surface area contributed by atoms with Crippen LogP contribution in [0, 0.1) is 0 Å². The smallest absolute Gasteiger partial charge is 0.281 e. The average molecular weight is 506 g/mol. The minimum absolute atomic E-state index is 0.0467. The highest BCUT2D eigenvalue weighted by Crippen LogP contribution is 2.39. The number of β-amino-alcohol motifs (C(OH)–C–C–N with tert-alkyl or cyclic N) is 2. The third-order valence-electron chi connectivity index (χ3n) is 5.17. The van der Waals surface area contributed by atoms with Crippen LogP contribution in [0.1, 0.15) is 31.8 Å². The lowest BCUT2D eigenvalue weighted by Gasteiger charge is -2.13. The molecule has 3 aromatic rings. The number of aromatic hydroxyl groups is 1. The van der Waals surface area contributed by atoms with Gasteiger partial charge in [0.2, 0.25) is 0 Å². The first-order valence-electron chi connectivity index (χ1n) is 9.91. The number of carbonyl (C=O) groups is 2. The van der Waals surface area contributed by atoms with Crippen molar-refractivity contribution in [2.75, 3.05) is 13.1 Å². The fourth-order valence-corrected chi connectivity index (χ4v) is 5.33. The number of likely N-dealkylation sites (tertiary alicyclic amines) is 1. The van der Waals surface area contributed by atoms with Crippen molar-refractivity contribution in [3.8, 4) is 16.2 Å². The van der Waals surface area contributed by atoms with Gasteiger partial charge in [0.05, 0.1) is 38.1 Å². The van der Waals surface area contributed by atoms with Gasteiger partial charge in [-0.15, -0.1) is 22.7 Å². The Hall–Kier alpha value is -2.76. The molecule has 0 radical (unpaired) electrons. The lowest BCUT2D eigenvalue weighted by Crippen LogP contribution is -2.29. The number of benzene rings is 1. The third kappa shape index (κ3) is 4.94. The minimum atomic E-state index is -0.970. The van der Waals surface area contributed by atoms with Gasteiger partial charge in [-0.05, 0) is 36.8 Å². The molecule has 1 aliphatic rings. The van der Waals surface area contributed by atoms with Crippen molar-refractivity contribution >= 4 is 51.8 Å². The van der Waals surface area contributed by atoms with E-state index in [4.69, 9.17) is 11.6 Å². The molecule has 1 fully saturated rings. The third-order valence-corrected chi connectivity index (χ3v) is 7.52. The van der Waals surface area contributed by atoms with Crippen molar-refractivity contribution in [1.82, 2.24) is 10.3 Å². The Morgan fingerprint density at radius 1 is 1.09 bits per heavy atom. The van der Waals surface area contributed by atoms with Crippen LogP contribution in [0.25, 0.3) is 10.4 Å². The molecular weight excluding hydrogens is 486 g/mol. The molecule has 2 atom stereocenters. The highest BCUT2D eigenvalue weighted by Gasteiger charge is 2.33. The molecule has 1 saturated heterocycles. The number of hydrazone groups is 1. The predicted octanol–water partition coefficient (Wildman–Crippen LogP) is 3.17. The maximum atomic E-state index is 12.5. The Bertz CT molecular complexity index is 1210. The molecule has 1 aliphatic heterocycles. The monoisotopic (exact) mass is 505 g/mol. The maximum Gasteiger partial charge on any atom is 0.281 e. The number of rotatable bonds is 5. The van der Waals surface area contributed by atoms with Crippen LogP contribution in [0.15, 0.2) is 46.9 Å². The second kappa shape index (κ2) is 9.62. The number of halogens is 1. The van der Waals surface area contributed by atoms with Crippen LogP contribution in [-0.2, 0) is 0 Å². The van der Waals surface area contributed by atoms with Gasteiger partial charge in [-0.25, -0.2) is 5.43 Å². The number of hydrogen-bond donors (Lipinski definition) is 4. The SMILES string of the molecule is C/C(=N\NC(=O)c1ccc(C(=O)N2CC(O)C(O)C2)s1)c1csc(-c2ccc(Cl)cc2)c1O. The van der Waals surface area contributed by atoms with Gasteiger partial charge in [-0.2, -0.15) is 5.10 Å². The van der Waals surface area contributed by atoms with Crippen molar-refractivity contribution < 1.29 is 24.9 Å².